The van der Waals surface area contributed by atoms with E-state index in [-0.39, 0.29) is 0 Å². The molecule has 17 heavy (non-hydrogen) atoms. The number of pyridine rings is 1. The minimum atomic E-state index is 0.661. The summed E-state index contributed by atoms with van der Waals surface area (Å²) < 4.78 is 5.54. The van der Waals surface area contributed by atoms with E-state index in [1.165, 1.54) is 0 Å². The zero-order valence-corrected chi connectivity index (χ0v) is 10.4. The van der Waals surface area contributed by atoms with Crippen molar-refractivity contribution in [1.82, 2.24) is 4.98 Å². The lowest BCUT2D eigenvalue weighted by atomic mass is 10.2. The van der Waals surface area contributed by atoms with Crippen LogP contribution in [0.15, 0.2) is 28.8 Å². The highest BCUT2D eigenvalue weighted by molar-refractivity contribution is 5.65. The molecule has 2 aromatic heterocycles. The largest absolute Gasteiger partial charge is 0.464 e. The first-order valence-corrected chi connectivity index (χ1v) is 5.55. The maximum Gasteiger partial charge on any atom is 0.152 e. The van der Waals surface area contributed by atoms with Crippen molar-refractivity contribution in [2.75, 3.05) is 17.7 Å². The van der Waals surface area contributed by atoms with Crippen LogP contribution < -0.4 is 10.6 Å². The van der Waals surface area contributed by atoms with Crippen molar-refractivity contribution in [2.45, 2.75) is 20.4 Å². The summed E-state index contributed by atoms with van der Waals surface area (Å²) in [5, 5.41) is 0. The Morgan fingerprint density at radius 1 is 1.29 bits per heavy atom. The summed E-state index contributed by atoms with van der Waals surface area (Å²) in [6.07, 6.45) is 1.77. The van der Waals surface area contributed by atoms with Gasteiger partial charge < -0.3 is 15.1 Å². The summed E-state index contributed by atoms with van der Waals surface area (Å²) in [6, 6.07) is 5.83. The summed E-state index contributed by atoms with van der Waals surface area (Å²) in [5.41, 5.74) is 7.77. The fourth-order valence-electron chi connectivity index (χ4n) is 1.74. The van der Waals surface area contributed by atoms with E-state index in [2.05, 4.69) is 4.98 Å². The molecule has 0 unspecified atom stereocenters. The lowest BCUT2D eigenvalue weighted by molar-refractivity contribution is 0.481. The smallest absolute Gasteiger partial charge is 0.152 e. The van der Waals surface area contributed by atoms with Crippen molar-refractivity contribution in [2.24, 2.45) is 0 Å². The number of hydrogen-bond donors (Lipinski definition) is 1. The van der Waals surface area contributed by atoms with Crippen molar-refractivity contribution < 1.29 is 4.42 Å². The van der Waals surface area contributed by atoms with Gasteiger partial charge in [0.25, 0.3) is 0 Å². The van der Waals surface area contributed by atoms with Gasteiger partial charge in [-0.3, -0.25) is 0 Å². The second-order valence-electron chi connectivity index (χ2n) is 4.23. The number of nitrogen functional groups attached to an aromatic ring is 1. The van der Waals surface area contributed by atoms with Crippen LogP contribution in [0, 0.1) is 13.8 Å². The van der Waals surface area contributed by atoms with E-state index in [9.17, 15) is 0 Å². The molecular weight excluding hydrogens is 214 g/mol. The van der Waals surface area contributed by atoms with E-state index in [4.69, 9.17) is 10.2 Å². The van der Waals surface area contributed by atoms with Crippen LogP contribution in [0.25, 0.3) is 0 Å². The maximum absolute atomic E-state index is 6.01. The van der Waals surface area contributed by atoms with Gasteiger partial charge in [-0.1, -0.05) is 0 Å². The Labute approximate surface area is 101 Å². The van der Waals surface area contributed by atoms with Crippen molar-refractivity contribution in [1.29, 1.82) is 0 Å². The van der Waals surface area contributed by atoms with Crippen LogP contribution in [-0.4, -0.2) is 12.0 Å². The van der Waals surface area contributed by atoms with Gasteiger partial charge in [-0.25, -0.2) is 4.98 Å². The Bertz CT molecular complexity index is 519. The predicted molar refractivity (Wildman–Crippen MR) is 68.9 cm³/mol. The van der Waals surface area contributed by atoms with Gasteiger partial charge in [0.15, 0.2) is 5.82 Å². The first kappa shape index (κ1) is 11.5. The Morgan fingerprint density at radius 3 is 2.71 bits per heavy atom. The Kier molecular flexibility index (Phi) is 3.04. The standard InChI is InChI=1S/C13H17N3O/c1-9-6-7-15-13(12(9)14)16(3)8-11-5-4-10(2)17-11/h4-7H,8,14H2,1-3H3. The molecule has 4 nitrogen and oxygen atoms in total. The number of aryl methyl sites for hydroxylation is 2. The van der Waals surface area contributed by atoms with Gasteiger partial charge in [0.2, 0.25) is 0 Å². The van der Waals surface area contributed by atoms with Gasteiger partial charge in [0, 0.05) is 13.2 Å². The number of aromatic nitrogens is 1. The van der Waals surface area contributed by atoms with Crippen LogP contribution in [0.1, 0.15) is 17.1 Å². The molecule has 0 amide bonds. The number of nitrogens with two attached hydrogens (primary N) is 1. The van der Waals surface area contributed by atoms with E-state index in [0.29, 0.717) is 6.54 Å². The van der Waals surface area contributed by atoms with E-state index in [1.807, 2.05) is 44.0 Å². The average molecular weight is 231 g/mol. The van der Waals surface area contributed by atoms with Crippen molar-refractivity contribution >= 4 is 11.5 Å². The van der Waals surface area contributed by atoms with Gasteiger partial charge in [-0.2, -0.15) is 0 Å². The Hall–Kier alpha value is -1.97. The van der Waals surface area contributed by atoms with Crippen LogP contribution in [0.3, 0.4) is 0 Å². The number of nitrogens with zero attached hydrogens (tertiary/aromatic N) is 2. The molecule has 0 atom stereocenters. The maximum atomic E-state index is 6.01. The topological polar surface area (TPSA) is 55.3 Å². The minimum absolute atomic E-state index is 0.661. The van der Waals surface area contributed by atoms with Crippen molar-refractivity contribution in [3.8, 4) is 0 Å². The third-order valence-electron chi connectivity index (χ3n) is 2.74. The molecule has 2 aromatic rings. The van der Waals surface area contributed by atoms with Gasteiger partial charge in [-0.15, -0.1) is 0 Å². The van der Waals surface area contributed by atoms with Gasteiger partial charge in [0.1, 0.15) is 11.5 Å². The third kappa shape index (κ3) is 2.41. The quantitative estimate of drug-likeness (QED) is 0.881. The first-order valence-electron chi connectivity index (χ1n) is 5.55. The molecule has 0 aliphatic heterocycles. The van der Waals surface area contributed by atoms with Crippen molar-refractivity contribution in [3.63, 3.8) is 0 Å². The van der Waals surface area contributed by atoms with Gasteiger partial charge >= 0.3 is 0 Å². The first-order chi connectivity index (χ1) is 8.08. The second-order valence-corrected chi connectivity index (χ2v) is 4.23. The second kappa shape index (κ2) is 4.49. The highest BCUT2D eigenvalue weighted by Crippen LogP contribution is 2.23. The van der Waals surface area contributed by atoms with E-state index < -0.39 is 0 Å². The molecule has 0 aliphatic rings. The predicted octanol–water partition coefficient (Wildman–Crippen LogP) is 2.51. The summed E-state index contributed by atoms with van der Waals surface area (Å²) >= 11 is 0. The molecule has 0 fully saturated rings. The summed E-state index contributed by atoms with van der Waals surface area (Å²) in [5.74, 6) is 2.62. The molecular formula is C13H17N3O. The molecule has 2 heterocycles. The third-order valence-corrected chi connectivity index (χ3v) is 2.74. The van der Waals surface area contributed by atoms with Crippen LogP contribution in [0.2, 0.25) is 0 Å². The molecule has 0 spiro atoms. The van der Waals surface area contributed by atoms with Crippen LogP contribution >= 0.6 is 0 Å². The highest BCUT2D eigenvalue weighted by Gasteiger charge is 2.10. The van der Waals surface area contributed by atoms with Crippen molar-refractivity contribution in [3.05, 3.63) is 41.5 Å². The molecule has 2 rings (SSSR count). The van der Waals surface area contributed by atoms with E-state index in [1.54, 1.807) is 6.20 Å². The zero-order valence-electron chi connectivity index (χ0n) is 10.4. The van der Waals surface area contributed by atoms with Gasteiger partial charge in [-0.05, 0) is 37.6 Å². The molecule has 0 aromatic carbocycles. The lowest BCUT2D eigenvalue weighted by Crippen LogP contribution is -2.19. The number of anilines is 2. The molecule has 0 bridgehead atoms. The molecule has 0 aliphatic carbocycles. The molecule has 4 heteroatoms. The highest BCUT2D eigenvalue weighted by atomic mass is 16.3. The fourth-order valence-corrected chi connectivity index (χ4v) is 1.74. The van der Waals surface area contributed by atoms with E-state index >= 15 is 0 Å². The number of rotatable bonds is 3. The average Bonchev–Trinajstić information content (AvgIpc) is 2.68. The van der Waals surface area contributed by atoms with Gasteiger partial charge in [0.05, 0.1) is 12.2 Å². The molecule has 0 saturated heterocycles. The van der Waals surface area contributed by atoms with E-state index in [0.717, 1.165) is 28.6 Å². The summed E-state index contributed by atoms with van der Waals surface area (Å²) in [7, 11) is 1.95. The summed E-state index contributed by atoms with van der Waals surface area (Å²) in [4.78, 5) is 6.29. The minimum Gasteiger partial charge on any atom is -0.464 e. The monoisotopic (exact) mass is 231 g/mol. The Balaban J connectivity index is 2.20. The SMILES string of the molecule is Cc1ccc(CN(C)c2nccc(C)c2N)o1. The molecule has 0 radical (unpaired) electrons. The lowest BCUT2D eigenvalue weighted by Gasteiger charge is -2.19. The molecule has 2 N–H and O–H groups in total. The number of furan rings is 1. The summed E-state index contributed by atoms with van der Waals surface area (Å²) in [6.45, 7) is 4.57. The van der Waals surface area contributed by atoms with Crippen LogP contribution in [0.4, 0.5) is 11.5 Å². The molecule has 0 saturated carbocycles. The normalized spacial score (nSPS) is 10.5. The molecule has 90 valence electrons. The van der Waals surface area contributed by atoms with Crippen LogP contribution in [-0.2, 0) is 6.54 Å². The number of hydrogen-bond acceptors (Lipinski definition) is 4. The Morgan fingerprint density at radius 2 is 2.06 bits per heavy atom. The zero-order chi connectivity index (χ0) is 12.4. The fraction of sp³-hybridized carbons (Fsp3) is 0.308. The van der Waals surface area contributed by atoms with Crippen LogP contribution in [0.5, 0.6) is 0 Å².